The number of hydrogen-bond donors (Lipinski definition) is 1. The van der Waals surface area contributed by atoms with Gasteiger partial charge in [-0.25, -0.2) is 9.37 Å². The van der Waals surface area contributed by atoms with Crippen molar-refractivity contribution in [1.82, 2.24) is 14.7 Å². The summed E-state index contributed by atoms with van der Waals surface area (Å²) in [6.45, 7) is 10.4. The fourth-order valence-electron chi connectivity index (χ4n) is 2.27. The predicted octanol–water partition coefficient (Wildman–Crippen LogP) is 3.48. The van der Waals surface area contributed by atoms with E-state index in [1.54, 1.807) is 12.1 Å². The van der Waals surface area contributed by atoms with Crippen molar-refractivity contribution in [2.45, 2.75) is 46.2 Å². The van der Waals surface area contributed by atoms with Crippen LogP contribution in [-0.4, -0.2) is 34.5 Å². The second-order valence-corrected chi connectivity index (χ2v) is 6.92. The van der Waals surface area contributed by atoms with Gasteiger partial charge >= 0.3 is 0 Å². The largest absolute Gasteiger partial charge is 0.343 e. The molecular formula is C17H25FN4S. The van der Waals surface area contributed by atoms with Crippen LogP contribution >= 0.6 is 11.5 Å². The van der Waals surface area contributed by atoms with E-state index in [1.807, 2.05) is 0 Å². The van der Waals surface area contributed by atoms with Crippen molar-refractivity contribution in [2.24, 2.45) is 0 Å². The topological polar surface area (TPSA) is 41.0 Å². The van der Waals surface area contributed by atoms with Gasteiger partial charge in [0.1, 0.15) is 11.6 Å². The van der Waals surface area contributed by atoms with Crippen LogP contribution in [0.1, 0.15) is 39.1 Å². The molecule has 0 fully saturated rings. The zero-order valence-electron chi connectivity index (χ0n) is 14.2. The first-order valence-electron chi connectivity index (χ1n) is 8.02. The summed E-state index contributed by atoms with van der Waals surface area (Å²) in [5, 5.41) is 4.38. The molecule has 0 amide bonds. The van der Waals surface area contributed by atoms with Gasteiger partial charge in [-0.15, -0.1) is 0 Å². The second kappa shape index (κ2) is 8.36. The van der Waals surface area contributed by atoms with Gasteiger partial charge in [-0.3, -0.25) is 0 Å². The minimum absolute atomic E-state index is 0.218. The van der Waals surface area contributed by atoms with E-state index in [0.717, 1.165) is 29.6 Å². The molecule has 1 heterocycles. The highest BCUT2D eigenvalue weighted by atomic mass is 32.1. The Kier molecular flexibility index (Phi) is 6.47. The minimum atomic E-state index is -0.218. The molecule has 1 aromatic heterocycles. The molecule has 0 saturated heterocycles. The summed E-state index contributed by atoms with van der Waals surface area (Å²) in [7, 11) is 0. The molecule has 0 radical (unpaired) electrons. The summed E-state index contributed by atoms with van der Waals surface area (Å²) in [5.74, 6) is 0.573. The molecule has 4 nitrogen and oxygen atoms in total. The molecule has 0 aliphatic rings. The van der Waals surface area contributed by atoms with Gasteiger partial charge in [-0.1, -0.05) is 26.0 Å². The van der Waals surface area contributed by atoms with Crippen LogP contribution in [0.25, 0.3) is 0 Å². The number of rotatable bonds is 8. The van der Waals surface area contributed by atoms with Crippen molar-refractivity contribution in [1.29, 1.82) is 0 Å². The van der Waals surface area contributed by atoms with Gasteiger partial charge in [0.25, 0.3) is 0 Å². The number of benzene rings is 1. The van der Waals surface area contributed by atoms with E-state index in [1.165, 1.54) is 23.7 Å². The molecule has 1 aromatic carbocycles. The van der Waals surface area contributed by atoms with Crippen molar-refractivity contribution in [3.8, 4) is 0 Å². The van der Waals surface area contributed by atoms with Gasteiger partial charge < -0.3 is 10.2 Å². The van der Waals surface area contributed by atoms with Gasteiger partial charge in [0, 0.05) is 43.1 Å². The number of nitrogens with one attached hydrogen (secondary N) is 1. The van der Waals surface area contributed by atoms with Crippen molar-refractivity contribution in [2.75, 3.05) is 18.0 Å². The highest BCUT2D eigenvalue weighted by Gasteiger charge is 2.15. The molecule has 23 heavy (non-hydrogen) atoms. The fourth-order valence-corrected chi connectivity index (χ4v) is 3.11. The predicted molar refractivity (Wildman–Crippen MR) is 94.7 cm³/mol. The standard InChI is InChI=1S/C17H25FN4S/c1-12(2)19-9-10-22(13(3)4)17-20-16(21-23-17)11-14-5-7-15(18)8-6-14/h5-8,12-13,19H,9-11H2,1-4H3. The summed E-state index contributed by atoms with van der Waals surface area (Å²) in [6, 6.07) is 7.36. The zero-order chi connectivity index (χ0) is 16.8. The molecule has 1 N–H and O–H groups in total. The average molecular weight is 336 g/mol. The van der Waals surface area contributed by atoms with Gasteiger partial charge in [0.2, 0.25) is 5.13 Å². The van der Waals surface area contributed by atoms with E-state index in [4.69, 9.17) is 0 Å². The first kappa shape index (κ1) is 17.8. The third-order valence-electron chi connectivity index (χ3n) is 3.51. The first-order chi connectivity index (χ1) is 11.0. The van der Waals surface area contributed by atoms with Gasteiger partial charge in [0.15, 0.2) is 0 Å². The van der Waals surface area contributed by atoms with E-state index in [0.29, 0.717) is 18.5 Å². The lowest BCUT2D eigenvalue weighted by molar-refractivity contribution is 0.564. The average Bonchev–Trinajstić information content (AvgIpc) is 2.93. The molecule has 2 rings (SSSR count). The molecule has 126 valence electrons. The number of halogens is 1. The Morgan fingerprint density at radius 1 is 1.17 bits per heavy atom. The second-order valence-electron chi connectivity index (χ2n) is 6.19. The first-order valence-corrected chi connectivity index (χ1v) is 8.80. The Morgan fingerprint density at radius 2 is 1.87 bits per heavy atom. The van der Waals surface area contributed by atoms with Crippen LogP contribution < -0.4 is 10.2 Å². The summed E-state index contributed by atoms with van der Waals surface area (Å²) in [6.07, 6.45) is 0.632. The van der Waals surface area contributed by atoms with Crippen molar-refractivity contribution >= 4 is 16.7 Å². The molecule has 0 atom stereocenters. The molecule has 0 aliphatic carbocycles. The van der Waals surface area contributed by atoms with Crippen molar-refractivity contribution < 1.29 is 4.39 Å². The van der Waals surface area contributed by atoms with Gasteiger partial charge in [-0.05, 0) is 31.5 Å². The third-order valence-corrected chi connectivity index (χ3v) is 4.30. The maximum absolute atomic E-state index is 13.0. The van der Waals surface area contributed by atoms with E-state index >= 15 is 0 Å². The van der Waals surface area contributed by atoms with Gasteiger partial charge in [0.05, 0.1) is 0 Å². The van der Waals surface area contributed by atoms with Crippen LogP contribution in [-0.2, 0) is 6.42 Å². The summed E-state index contributed by atoms with van der Waals surface area (Å²) < 4.78 is 17.4. The molecule has 0 saturated carbocycles. The lowest BCUT2D eigenvalue weighted by Gasteiger charge is -2.26. The molecule has 2 aromatic rings. The van der Waals surface area contributed by atoms with Crippen LogP contribution in [0.3, 0.4) is 0 Å². The Hall–Kier alpha value is -1.53. The Balaban J connectivity index is 2.01. The Bertz CT molecular complexity index is 595. The van der Waals surface area contributed by atoms with Crippen molar-refractivity contribution in [3.63, 3.8) is 0 Å². The normalized spacial score (nSPS) is 11.4. The minimum Gasteiger partial charge on any atom is -0.343 e. The number of aromatic nitrogens is 2. The lowest BCUT2D eigenvalue weighted by atomic mass is 10.1. The van der Waals surface area contributed by atoms with Gasteiger partial charge in [-0.2, -0.15) is 4.37 Å². The number of anilines is 1. The monoisotopic (exact) mass is 336 g/mol. The molecule has 0 unspecified atom stereocenters. The Morgan fingerprint density at radius 3 is 2.48 bits per heavy atom. The Labute approximate surface area is 141 Å². The lowest BCUT2D eigenvalue weighted by Crippen LogP contribution is -2.38. The smallest absolute Gasteiger partial charge is 0.205 e. The fraction of sp³-hybridized carbons (Fsp3) is 0.529. The van der Waals surface area contributed by atoms with E-state index in [-0.39, 0.29) is 5.82 Å². The van der Waals surface area contributed by atoms with Crippen LogP contribution in [0, 0.1) is 5.82 Å². The summed E-state index contributed by atoms with van der Waals surface area (Å²) >= 11 is 1.43. The van der Waals surface area contributed by atoms with E-state index in [2.05, 4.69) is 47.3 Å². The zero-order valence-corrected chi connectivity index (χ0v) is 15.0. The summed E-state index contributed by atoms with van der Waals surface area (Å²) in [5.41, 5.74) is 1.02. The summed E-state index contributed by atoms with van der Waals surface area (Å²) in [4.78, 5) is 6.92. The highest BCUT2D eigenvalue weighted by molar-refractivity contribution is 7.09. The third kappa shape index (κ3) is 5.55. The van der Waals surface area contributed by atoms with Crippen molar-refractivity contribution in [3.05, 3.63) is 41.5 Å². The maximum Gasteiger partial charge on any atom is 0.205 e. The SMILES string of the molecule is CC(C)NCCN(c1nc(Cc2ccc(F)cc2)ns1)C(C)C. The van der Waals surface area contributed by atoms with Crippen LogP contribution in [0.2, 0.25) is 0 Å². The molecular weight excluding hydrogens is 311 g/mol. The number of nitrogens with zero attached hydrogens (tertiary/aromatic N) is 3. The number of hydrogen-bond acceptors (Lipinski definition) is 5. The molecule has 6 heteroatoms. The van der Waals surface area contributed by atoms with Crippen LogP contribution in [0.5, 0.6) is 0 Å². The highest BCUT2D eigenvalue weighted by Crippen LogP contribution is 2.21. The van der Waals surface area contributed by atoms with E-state index in [9.17, 15) is 4.39 Å². The molecule has 0 bridgehead atoms. The molecule has 0 aliphatic heterocycles. The van der Waals surface area contributed by atoms with Crippen LogP contribution in [0.4, 0.5) is 9.52 Å². The molecule has 0 spiro atoms. The maximum atomic E-state index is 13.0. The van der Waals surface area contributed by atoms with Crippen LogP contribution in [0.15, 0.2) is 24.3 Å². The van der Waals surface area contributed by atoms with E-state index < -0.39 is 0 Å². The quantitative estimate of drug-likeness (QED) is 0.801.